The maximum atomic E-state index is 14.9. The SMILES string of the molecule is CCC(C)N1CCOc2c(F)cc(-c3nc(Nc4ccc(NC(N)=O)cn4)ncc3F)cc21. The fraction of sp³-hybridized carbons (Fsp3) is 0.273. The molecule has 1 aromatic carbocycles. The number of anilines is 4. The lowest BCUT2D eigenvalue weighted by molar-refractivity contribution is 0.259. The van der Waals surface area contributed by atoms with E-state index in [-0.39, 0.29) is 29.0 Å². The molecule has 1 unspecified atom stereocenters. The maximum absolute atomic E-state index is 14.9. The molecule has 4 rings (SSSR count). The first kappa shape index (κ1) is 22.2. The summed E-state index contributed by atoms with van der Waals surface area (Å²) < 4.78 is 35.1. The number of nitrogens with zero attached hydrogens (tertiary/aromatic N) is 4. The highest BCUT2D eigenvalue weighted by molar-refractivity contribution is 5.87. The number of nitrogens with one attached hydrogen (secondary N) is 2. The third-order valence-electron chi connectivity index (χ3n) is 5.32. The van der Waals surface area contributed by atoms with Crippen molar-refractivity contribution in [2.24, 2.45) is 5.73 Å². The van der Waals surface area contributed by atoms with Gasteiger partial charge in [-0.1, -0.05) is 6.92 Å². The molecular weight excluding hydrogens is 432 g/mol. The highest BCUT2D eigenvalue weighted by Gasteiger charge is 2.26. The molecule has 0 radical (unpaired) electrons. The number of hydrogen-bond acceptors (Lipinski definition) is 7. The van der Waals surface area contributed by atoms with Crippen LogP contribution in [0.3, 0.4) is 0 Å². The van der Waals surface area contributed by atoms with Crippen molar-refractivity contribution in [1.29, 1.82) is 0 Å². The van der Waals surface area contributed by atoms with Crippen LogP contribution in [0.5, 0.6) is 5.75 Å². The zero-order valence-corrected chi connectivity index (χ0v) is 18.1. The van der Waals surface area contributed by atoms with Gasteiger partial charge in [0.25, 0.3) is 0 Å². The van der Waals surface area contributed by atoms with Gasteiger partial charge in [-0.2, -0.15) is 0 Å². The molecule has 0 saturated carbocycles. The van der Waals surface area contributed by atoms with Crippen molar-refractivity contribution < 1.29 is 18.3 Å². The van der Waals surface area contributed by atoms with Gasteiger partial charge in [0.2, 0.25) is 5.95 Å². The summed E-state index contributed by atoms with van der Waals surface area (Å²) in [6.45, 7) is 5.08. The highest BCUT2D eigenvalue weighted by atomic mass is 19.1. The lowest BCUT2D eigenvalue weighted by atomic mass is 10.1. The van der Waals surface area contributed by atoms with E-state index < -0.39 is 17.7 Å². The van der Waals surface area contributed by atoms with Crippen LogP contribution < -0.4 is 26.0 Å². The van der Waals surface area contributed by atoms with E-state index in [0.29, 0.717) is 30.3 Å². The van der Waals surface area contributed by atoms with Crippen LogP contribution in [0.1, 0.15) is 20.3 Å². The number of carbonyl (C=O) groups excluding carboxylic acids is 1. The second kappa shape index (κ2) is 9.23. The monoisotopic (exact) mass is 455 g/mol. The zero-order valence-electron chi connectivity index (χ0n) is 18.1. The first-order chi connectivity index (χ1) is 15.9. The van der Waals surface area contributed by atoms with E-state index in [2.05, 4.69) is 30.5 Å². The van der Waals surface area contributed by atoms with Crippen LogP contribution in [0, 0.1) is 11.6 Å². The number of rotatable bonds is 6. The Labute approximate surface area is 189 Å². The average Bonchev–Trinajstić information content (AvgIpc) is 2.80. The molecule has 3 heterocycles. The quantitative estimate of drug-likeness (QED) is 0.513. The normalized spacial score (nSPS) is 13.6. The molecule has 1 aliphatic heterocycles. The molecule has 0 fully saturated rings. The first-order valence-electron chi connectivity index (χ1n) is 10.4. The standard InChI is InChI=1S/C22H23F2N7O2/c1-3-12(2)31-6-7-33-20-15(23)8-13(9-17(20)31)19-16(24)11-27-22(30-19)29-18-5-4-14(10-26-18)28-21(25)32/h4-5,8-12H,3,6-7H2,1-2H3,(H3,25,28,32)(H,26,27,29,30). The highest BCUT2D eigenvalue weighted by Crippen LogP contribution is 2.39. The molecule has 33 heavy (non-hydrogen) atoms. The number of benzene rings is 1. The summed E-state index contributed by atoms with van der Waals surface area (Å²) in [5, 5.41) is 5.26. The second-order valence-corrected chi connectivity index (χ2v) is 7.54. The van der Waals surface area contributed by atoms with Gasteiger partial charge in [-0.25, -0.2) is 28.5 Å². The van der Waals surface area contributed by atoms with E-state index in [0.717, 1.165) is 12.6 Å². The number of primary amides is 1. The Bertz CT molecular complexity index is 1170. The van der Waals surface area contributed by atoms with Crippen LogP contribution in [0.25, 0.3) is 11.3 Å². The summed E-state index contributed by atoms with van der Waals surface area (Å²) in [5.74, 6) is -0.687. The largest absolute Gasteiger partial charge is 0.486 e. The molecule has 3 aromatic rings. The Morgan fingerprint density at radius 3 is 2.76 bits per heavy atom. The van der Waals surface area contributed by atoms with Gasteiger partial charge in [0, 0.05) is 11.6 Å². The fourth-order valence-corrected chi connectivity index (χ4v) is 3.54. The minimum absolute atomic E-state index is 0.0594. The predicted octanol–water partition coefficient (Wildman–Crippen LogP) is 4.05. The van der Waals surface area contributed by atoms with Crippen LogP contribution in [-0.2, 0) is 0 Å². The van der Waals surface area contributed by atoms with Gasteiger partial charge in [0.15, 0.2) is 17.4 Å². The number of carbonyl (C=O) groups is 1. The molecule has 9 nitrogen and oxygen atoms in total. The third kappa shape index (κ3) is 4.76. The summed E-state index contributed by atoms with van der Waals surface area (Å²) in [6, 6.07) is 5.48. The summed E-state index contributed by atoms with van der Waals surface area (Å²) in [5.41, 5.74) is 6.25. The molecule has 2 aromatic heterocycles. The summed E-state index contributed by atoms with van der Waals surface area (Å²) in [4.78, 5) is 25.3. The number of pyridine rings is 1. The zero-order chi connectivity index (χ0) is 23.5. The summed E-state index contributed by atoms with van der Waals surface area (Å²) in [6.07, 6.45) is 3.26. The fourth-order valence-electron chi connectivity index (χ4n) is 3.54. The lowest BCUT2D eigenvalue weighted by Gasteiger charge is -2.36. The molecular formula is C22H23F2N7O2. The lowest BCUT2D eigenvalue weighted by Crippen LogP contribution is -2.39. The van der Waals surface area contributed by atoms with Gasteiger partial charge in [-0.3, -0.25) is 0 Å². The molecule has 1 aliphatic rings. The molecule has 0 aliphatic carbocycles. The van der Waals surface area contributed by atoms with Crippen LogP contribution in [0.2, 0.25) is 0 Å². The number of fused-ring (bicyclic) bond motifs is 1. The number of nitrogens with two attached hydrogens (primary N) is 1. The Morgan fingerprint density at radius 2 is 2.06 bits per heavy atom. The number of hydrogen-bond donors (Lipinski definition) is 3. The Hall–Kier alpha value is -4.02. The predicted molar refractivity (Wildman–Crippen MR) is 121 cm³/mol. The van der Waals surface area contributed by atoms with Gasteiger partial charge >= 0.3 is 6.03 Å². The van der Waals surface area contributed by atoms with Gasteiger partial charge in [0.05, 0.1) is 30.3 Å². The molecule has 172 valence electrons. The van der Waals surface area contributed by atoms with Crippen LogP contribution in [0.15, 0.2) is 36.7 Å². The molecule has 11 heteroatoms. The van der Waals surface area contributed by atoms with Crippen molar-refractivity contribution in [2.75, 3.05) is 28.7 Å². The van der Waals surface area contributed by atoms with E-state index in [1.165, 1.54) is 12.3 Å². The Balaban J connectivity index is 1.65. The molecule has 4 N–H and O–H groups in total. The van der Waals surface area contributed by atoms with Crippen LogP contribution >= 0.6 is 0 Å². The van der Waals surface area contributed by atoms with Crippen molar-refractivity contribution in [3.8, 4) is 17.0 Å². The van der Waals surface area contributed by atoms with Crippen molar-refractivity contribution in [3.05, 3.63) is 48.3 Å². The van der Waals surface area contributed by atoms with Gasteiger partial charge in [-0.05, 0) is 37.6 Å². The van der Waals surface area contributed by atoms with Crippen molar-refractivity contribution in [2.45, 2.75) is 26.3 Å². The number of amides is 2. The van der Waals surface area contributed by atoms with E-state index in [9.17, 15) is 13.6 Å². The van der Waals surface area contributed by atoms with Gasteiger partial charge in [0.1, 0.15) is 18.1 Å². The molecule has 1 atom stereocenters. The Morgan fingerprint density at radius 1 is 1.24 bits per heavy atom. The van der Waals surface area contributed by atoms with E-state index in [1.54, 1.807) is 18.2 Å². The van der Waals surface area contributed by atoms with E-state index in [1.807, 2.05) is 13.8 Å². The van der Waals surface area contributed by atoms with Gasteiger partial charge < -0.3 is 26.0 Å². The summed E-state index contributed by atoms with van der Waals surface area (Å²) >= 11 is 0. The van der Waals surface area contributed by atoms with Crippen molar-refractivity contribution in [1.82, 2.24) is 15.0 Å². The van der Waals surface area contributed by atoms with E-state index >= 15 is 0 Å². The van der Waals surface area contributed by atoms with Crippen molar-refractivity contribution in [3.63, 3.8) is 0 Å². The number of aromatic nitrogens is 3. The van der Waals surface area contributed by atoms with Crippen LogP contribution in [-0.4, -0.2) is 40.2 Å². The first-order valence-corrected chi connectivity index (χ1v) is 10.4. The minimum Gasteiger partial charge on any atom is -0.486 e. The third-order valence-corrected chi connectivity index (χ3v) is 5.32. The van der Waals surface area contributed by atoms with E-state index in [4.69, 9.17) is 10.5 Å². The maximum Gasteiger partial charge on any atom is 0.316 e. The average molecular weight is 455 g/mol. The van der Waals surface area contributed by atoms with Gasteiger partial charge in [-0.15, -0.1) is 0 Å². The Kier molecular flexibility index (Phi) is 6.20. The topological polar surface area (TPSA) is 118 Å². The number of ether oxygens (including phenoxy) is 1. The number of urea groups is 1. The molecule has 2 amide bonds. The molecule has 0 spiro atoms. The van der Waals surface area contributed by atoms with Crippen LogP contribution in [0.4, 0.5) is 36.7 Å². The van der Waals surface area contributed by atoms with Crippen molar-refractivity contribution >= 4 is 29.2 Å². The summed E-state index contributed by atoms with van der Waals surface area (Å²) in [7, 11) is 0. The molecule has 0 bridgehead atoms. The smallest absolute Gasteiger partial charge is 0.316 e. The number of halogens is 2. The molecule has 0 saturated heterocycles. The second-order valence-electron chi connectivity index (χ2n) is 7.54. The minimum atomic E-state index is -0.710.